The molecule has 0 aromatic heterocycles. The summed E-state index contributed by atoms with van der Waals surface area (Å²) in [6.45, 7) is 0.552. The number of carbonyl (C=O) groups excluding carboxylic acids is 1. The summed E-state index contributed by atoms with van der Waals surface area (Å²) in [5, 5.41) is 0. The van der Waals surface area contributed by atoms with Gasteiger partial charge in [-0.3, -0.25) is 0 Å². The Kier molecular flexibility index (Phi) is 4.86. The molecule has 0 heterocycles. The molecule has 0 atom stereocenters. The normalized spacial score (nSPS) is 9.95. The van der Waals surface area contributed by atoms with Crippen LogP contribution in [0, 0.1) is 0 Å². The van der Waals surface area contributed by atoms with Crippen molar-refractivity contribution in [3.8, 4) is 5.75 Å². The number of carbonyl (C=O) groups is 1. The molecule has 4 heteroatoms. The fourth-order valence-corrected chi connectivity index (χ4v) is 1.64. The van der Waals surface area contributed by atoms with Gasteiger partial charge in [-0.15, -0.1) is 12.6 Å². The van der Waals surface area contributed by atoms with Gasteiger partial charge < -0.3 is 9.47 Å². The zero-order valence-corrected chi connectivity index (χ0v) is 11.2. The second-order valence-corrected chi connectivity index (χ2v) is 4.36. The van der Waals surface area contributed by atoms with Crippen LogP contribution in [0.25, 0.3) is 0 Å². The van der Waals surface area contributed by atoms with Crippen LogP contribution in [0.5, 0.6) is 5.75 Å². The van der Waals surface area contributed by atoms with Gasteiger partial charge in [0, 0.05) is 4.90 Å². The largest absolute Gasteiger partial charge is 0.490 e. The maximum atomic E-state index is 11.7. The lowest BCUT2D eigenvalue weighted by Crippen LogP contribution is -2.12. The Morgan fingerprint density at radius 1 is 0.947 bits per heavy atom. The van der Waals surface area contributed by atoms with Crippen molar-refractivity contribution in [1.82, 2.24) is 0 Å². The molecule has 0 spiro atoms. The Hall–Kier alpha value is -1.94. The summed E-state index contributed by atoms with van der Waals surface area (Å²) in [6.07, 6.45) is 0. The van der Waals surface area contributed by atoms with Crippen LogP contribution in [0.3, 0.4) is 0 Å². The van der Waals surface area contributed by atoms with Gasteiger partial charge in [0.05, 0.1) is 5.56 Å². The van der Waals surface area contributed by atoms with Crippen LogP contribution in [0.1, 0.15) is 10.4 Å². The van der Waals surface area contributed by atoms with Gasteiger partial charge in [0.2, 0.25) is 0 Å². The maximum absolute atomic E-state index is 11.7. The molecule has 0 fully saturated rings. The first kappa shape index (κ1) is 13.5. The van der Waals surface area contributed by atoms with Gasteiger partial charge in [-0.25, -0.2) is 4.79 Å². The monoisotopic (exact) mass is 274 g/mol. The van der Waals surface area contributed by atoms with Gasteiger partial charge >= 0.3 is 5.97 Å². The first-order valence-corrected chi connectivity index (χ1v) is 6.34. The quantitative estimate of drug-likeness (QED) is 0.516. The van der Waals surface area contributed by atoms with Gasteiger partial charge in [0.1, 0.15) is 19.0 Å². The third kappa shape index (κ3) is 4.34. The standard InChI is InChI=1S/C15H14O3S/c16-15(12-6-8-14(19)9-7-12)18-11-10-17-13-4-2-1-3-5-13/h1-9,19H,10-11H2. The number of benzene rings is 2. The van der Waals surface area contributed by atoms with Gasteiger partial charge in [-0.05, 0) is 36.4 Å². The van der Waals surface area contributed by atoms with E-state index in [-0.39, 0.29) is 12.6 Å². The van der Waals surface area contributed by atoms with Crippen LogP contribution in [0.2, 0.25) is 0 Å². The molecule has 3 nitrogen and oxygen atoms in total. The van der Waals surface area contributed by atoms with E-state index in [1.54, 1.807) is 24.3 Å². The van der Waals surface area contributed by atoms with Gasteiger partial charge in [-0.1, -0.05) is 18.2 Å². The number of rotatable bonds is 5. The fraction of sp³-hybridized carbons (Fsp3) is 0.133. The second kappa shape index (κ2) is 6.85. The highest BCUT2D eigenvalue weighted by atomic mass is 32.1. The molecule has 0 saturated heterocycles. The minimum atomic E-state index is -0.356. The molecule has 19 heavy (non-hydrogen) atoms. The first-order chi connectivity index (χ1) is 9.25. The van der Waals surface area contributed by atoms with Crippen LogP contribution in [0.15, 0.2) is 59.5 Å². The van der Waals surface area contributed by atoms with Crippen molar-refractivity contribution in [1.29, 1.82) is 0 Å². The van der Waals surface area contributed by atoms with Crippen molar-refractivity contribution in [2.24, 2.45) is 0 Å². The van der Waals surface area contributed by atoms with Crippen molar-refractivity contribution < 1.29 is 14.3 Å². The van der Waals surface area contributed by atoms with Crippen LogP contribution in [0.4, 0.5) is 0 Å². The Morgan fingerprint density at radius 2 is 1.63 bits per heavy atom. The Bertz CT molecular complexity index is 523. The van der Waals surface area contributed by atoms with E-state index >= 15 is 0 Å². The molecular formula is C15H14O3S. The molecule has 0 amide bonds. The van der Waals surface area contributed by atoms with E-state index in [2.05, 4.69) is 12.6 Å². The van der Waals surface area contributed by atoms with E-state index in [0.29, 0.717) is 12.2 Å². The predicted octanol–water partition coefficient (Wildman–Crippen LogP) is 3.21. The number of hydrogen-bond donors (Lipinski definition) is 1. The van der Waals surface area contributed by atoms with Crippen LogP contribution < -0.4 is 4.74 Å². The molecule has 0 bridgehead atoms. The predicted molar refractivity (Wildman–Crippen MR) is 75.9 cm³/mol. The Labute approximate surface area is 117 Å². The summed E-state index contributed by atoms with van der Waals surface area (Å²) in [5.74, 6) is 0.406. The molecule has 0 aliphatic rings. The van der Waals surface area contributed by atoms with Gasteiger partial charge in [0.25, 0.3) is 0 Å². The minimum Gasteiger partial charge on any atom is -0.490 e. The fourth-order valence-electron chi connectivity index (χ4n) is 1.49. The molecule has 0 radical (unpaired) electrons. The van der Waals surface area contributed by atoms with Crippen LogP contribution in [-0.4, -0.2) is 19.2 Å². The van der Waals surface area contributed by atoms with Crippen molar-refractivity contribution in [3.63, 3.8) is 0 Å². The third-order valence-corrected chi connectivity index (χ3v) is 2.73. The molecular weight excluding hydrogens is 260 g/mol. The SMILES string of the molecule is O=C(OCCOc1ccccc1)c1ccc(S)cc1. The molecule has 0 unspecified atom stereocenters. The highest BCUT2D eigenvalue weighted by Crippen LogP contribution is 2.10. The molecule has 0 saturated carbocycles. The maximum Gasteiger partial charge on any atom is 0.338 e. The lowest BCUT2D eigenvalue weighted by atomic mass is 10.2. The van der Waals surface area contributed by atoms with Gasteiger partial charge in [0.15, 0.2) is 0 Å². The molecule has 0 aliphatic carbocycles. The minimum absolute atomic E-state index is 0.219. The highest BCUT2D eigenvalue weighted by Gasteiger charge is 2.06. The molecule has 2 rings (SSSR count). The zero-order chi connectivity index (χ0) is 13.5. The Morgan fingerprint density at radius 3 is 2.32 bits per heavy atom. The van der Waals surface area contributed by atoms with Crippen molar-refractivity contribution >= 4 is 18.6 Å². The number of hydrogen-bond acceptors (Lipinski definition) is 4. The summed E-state index contributed by atoms with van der Waals surface area (Å²) < 4.78 is 10.5. The van der Waals surface area contributed by atoms with E-state index < -0.39 is 0 Å². The molecule has 2 aromatic rings. The zero-order valence-electron chi connectivity index (χ0n) is 10.3. The second-order valence-electron chi connectivity index (χ2n) is 3.84. The summed E-state index contributed by atoms with van der Waals surface area (Å²) in [4.78, 5) is 12.5. The van der Waals surface area contributed by atoms with E-state index in [1.165, 1.54) is 0 Å². The van der Waals surface area contributed by atoms with E-state index in [4.69, 9.17) is 9.47 Å². The van der Waals surface area contributed by atoms with E-state index in [1.807, 2.05) is 30.3 Å². The number of esters is 1. The lowest BCUT2D eigenvalue weighted by molar-refractivity contribution is 0.0450. The molecule has 2 aromatic carbocycles. The lowest BCUT2D eigenvalue weighted by Gasteiger charge is -2.07. The summed E-state index contributed by atoms with van der Waals surface area (Å²) in [6, 6.07) is 16.3. The summed E-state index contributed by atoms with van der Waals surface area (Å²) in [5.41, 5.74) is 0.512. The summed E-state index contributed by atoms with van der Waals surface area (Å²) in [7, 11) is 0. The average molecular weight is 274 g/mol. The van der Waals surface area contributed by atoms with Crippen molar-refractivity contribution in [2.75, 3.05) is 13.2 Å². The third-order valence-electron chi connectivity index (χ3n) is 2.43. The number of ether oxygens (including phenoxy) is 2. The first-order valence-electron chi connectivity index (χ1n) is 5.90. The number of para-hydroxylation sites is 1. The van der Waals surface area contributed by atoms with Gasteiger partial charge in [-0.2, -0.15) is 0 Å². The Balaban J connectivity index is 1.74. The average Bonchev–Trinajstić information content (AvgIpc) is 2.45. The highest BCUT2D eigenvalue weighted by molar-refractivity contribution is 7.80. The van der Waals surface area contributed by atoms with Crippen LogP contribution in [-0.2, 0) is 4.74 Å². The van der Waals surface area contributed by atoms with Crippen molar-refractivity contribution in [3.05, 3.63) is 60.2 Å². The smallest absolute Gasteiger partial charge is 0.338 e. The molecule has 0 aliphatic heterocycles. The van der Waals surface area contributed by atoms with E-state index in [9.17, 15) is 4.79 Å². The molecule has 98 valence electrons. The van der Waals surface area contributed by atoms with Crippen molar-refractivity contribution in [2.45, 2.75) is 4.90 Å². The van der Waals surface area contributed by atoms with E-state index in [0.717, 1.165) is 10.6 Å². The topological polar surface area (TPSA) is 35.5 Å². The summed E-state index contributed by atoms with van der Waals surface area (Å²) >= 11 is 4.15. The van der Waals surface area contributed by atoms with Crippen LogP contribution >= 0.6 is 12.6 Å². The number of thiol groups is 1. The molecule has 0 N–H and O–H groups in total.